The maximum atomic E-state index is 6.88. The van der Waals surface area contributed by atoms with E-state index in [1.54, 1.807) is 0 Å². The number of nitriles is 1. The van der Waals surface area contributed by atoms with Crippen LogP contribution in [-0.2, 0) is 0 Å². The van der Waals surface area contributed by atoms with Crippen LogP contribution < -0.4 is 0 Å². The van der Waals surface area contributed by atoms with Gasteiger partial charge in [-0.05, 0) is 0 Å². The minimum absolute atomic E-state index is 0. The third-order valence-corrected chi connectivity index (χ3v) is 0. The first-order chi connectivity index (χ1) is 1.41. The maximum absolute atomic E-state index is 6.88. The fourth-order valence-corrected chi connectivity index (χ4v) is 0. The second-order valence-corrected chi connectivity index (χ2v) is 0.100. The van der Waals surface area contributed by atoms with E-state index < -0.39 is 0 Å². The third kappa shape index (κ3) is 32.7. The van der Waals surface area contributed by atoms with Gasteiger partial charge in [0.15, 0.2) is 0 Å². The molecular weight excluding hydrogens is 121 g/mol. The monoisotopic (exact) mass is 125 g/mol. The van der Waals surface area contributed by atoms with Crippen molar-refractivity contribution in [3.05, 3.63) is 0 Å². The molecule has 0 radical (unpaired) electrons. The molecule has 24 valence electrons. The number of hydrogen-bond donors (Lipinski definition) is 1. The summed E-state index contributed by atoms with van der Waals surface area (Å²) in [6.45, 7) is 0. The van der Waals surface area contributed by atoms with E-state index in [-0.39, 0.29) is 17.1 Å². The molecule has 0 unspecified atom stereocenters. The molecule has 3 heteroatoms. The van der Waals surface area contributed by atoms with Crippen molar-refractivity contribution in [3.8, 4) is 6.26 Å². The Morgan fingerprint density at radius 2 is 1.75 bits per heavy atom. The molecule has 0 aliphatic heterocycles. The molecule has 0 aromatic heterocycles. The van der Waals surface area contributed by atoms with Gasteiger partial charge in [0.2, 0.25) is 0 Å². The molecule has 0 rings (SSSR count). The SMILES string of the molecule is N#CO.[SeH2]. The van der Waals surface area contributed by atoms with E-state index in [1.165, 1.54) is 0 Å². The van der Waals surface area contributed by atoms with Crippen LogP contribution in [0.25, 0.3) is 0 Å². The van der Waals surface area contributed by atoms with Gasteiger partial charge in [0.05, 0.1) is 0 Å². The Kier molecular flexibility index (Phi) is 32.2. The van der Waals surface area contributed by atoms with E-state index in [1.807, 2.05) is 0 Å². The summed E-state index contributed by atoms with van der Waals surface area (Å²) in [5.74, 6) is 0. The molecule has 0 aromatic rings. The van der Waals surface area contributed by atoms with Crippen LogP contribution in [0.2, 0.25) is 0 Å². The summed E-state index contributed by atoms with van der Waals surface area (Å²) in [5, 5.41) is 13.8. The van der Waals surface area contributed by atoms with Gasteiger partial charge in [-0.25, -0.2) is 0 Å². The van der Waals surface area contributed by atoms with Gasteiger partial charge in [-0.1, -0.05) is 0 Å². The van der Waals surface area contributed by atoms with Crippen LogP contribution in [0.1, 0.15) is 0 Å². The van der Waals surface area contributed by atoms with Crippen molar-refractivity contribution in [2.45, 2.75) is 0 Å². The topological polar surface area (TPSA) is 44.0 Å². The fourth-order valence-electron chi connectivity index (χ4n) is 0. The van der Waals surface area contributed by atoms with E-state index >= 15 is 0 Å². The first-order valence-corrected chi connectivity index (χ1v) is 0.447. The number of hydrogen-bond acceptors (Lipinski definition) is 2. The molecule has 0 aromatic carbocycles. The molecule has 0 spiro atoms. The van der Waals surface area contributed by atoms with E-state index in [4.69, 9.17) is 10.4 Å². The molecule has 0 bridgehead atoms. The average molecular weight is 124 g/mol. The van der Waals surface area contributed by atoms with E-state index in [2.05, 4.69) is 0 Å². The summed E-state index contributed by atoms with van der Waals surface area (Å²) in [6.07, 6.45) is 0.750. The van der Waals surface area contributed by atoms with Gasteiger partial charge in [0.1, 0.15) is 0 Å². The van der Waals surface area contributed by atoms with Crippen LogP contribution in [-0.4, -0.2) is 22.2 Å². The van der Waals surface area contributed by atoms with Gasteiger partial charge in [0.25, 0.3) is 6.26 Å². The molecule has 4 heavy (non-hydrogen) atoms. The normalized spacial score (nSPS) is 1.75. The zero-order valence-corrected chi connectivity index (χ0v) is 3.99. The summed E-state index contributed by atoms with van der Waals surface area (Å²) in [7, 11) is 0. The van der Waals surface area contributed by atoms with Crippen molar-refractivity contribution in [3.63, 3.8) is 0 Å². The second-order valence-electron chi connectivity index (χ2n) is 0.100. The Morgan fingerprint density at radius 3 is 1.75 bits per heavy atom. The van der Waals surface area contributed by atoms with Gasteiger partial charge < -0.3 is 5.11 Å². The van der Waals surface area contributed by atoms with Crippen LogP contribution >= 0.6 is 0 Å². The molecule has 0 atom stereocenters. The van der Waals surface area contributed by atoms with Crippen LogP contribution in [0.15, 0.2) is 0 Å². The molecule has 2 nitrogen and oxygen atoms in total. The third-order valence-electron chi connectivity index (χ3n) is 0. The number of aliphatic hydroxyl groups is 1. The first-order valence-electron chi connectivity index (χ1n) is 0.447. The van der Waals surface area contributed by atoms with Gasteiger partial charge >= 0.3 is 17.1 Å². The Balaban J connectivity index is 0. The summed E-state index contributed by atoms with van der Waals surface area (Å²) < 4.78 is 0. The number of nitrogens with zero attached hydrogens (tertiary/aromatic N) is 1. The summed E-state index contributed by atoms with van der Waals surface area (Å²) in [5.41, 5.74) is 0. The molecule has 0 saturated heterocycles. The molecule has 1 N–H and O–H groups in total. The van der Waals surface area contributed by atoms with E-state index in [9.17, 15) is 0 Å². The molecule has 0 amide bonds. The standard InChI is InChI=1S/CHNO.H2Se/c2-1-3;/h3H;1H2. The number of rotatable bonds is 0. The van der Waals surface area contributed by atoms with Crippen molar-refractivity contribution < 1.29 is 5.11 Å². The predicted octanol–water partition coefficient (Wildman–Crippen LogP) is -1.08. The van der Waals surface area contributed by atoms with Gasteiger partial charge in [-0.15, -0.1) is 0 Å². The van der Waals surface area contributed by atoms with Crippen molar-refractivity contribution in [2.75, 3.05) is 0 Å². The van der Waals surface area contributed by atoms with Crippen molar-refractivity contribution in [1.29, 1.82) is 5.26 Å². The Bertz CT molecular complexity index is 29.5. The Labute approximate surface area is 34.5 Å². The molecule has 0 aliphatic rings. The van der Waals surface area contributed by atoms with Crippen LogP contribution in [0.5, 0.6) is 0 Å². The van der Waals surface area contributed by atoms with E-state index in [0.29, 0.717) is 0 Å². The molecule has 0 heterocycles. The molecule has 0 saturated carbocycles. The van der Waals surface area contributed by atoms with Gasteiger partial charge in [-0.3, -0.25) is 0 Å². The Morgan fingerprint density at radius 1 is 1.75 bits per heavy atom. The summed E-state index contributed by atoms with van der Waals surface area (Å²) in [4.78, 5) is 0. The van der Waals surface area contributed by atoms with E-state index in [0.717, 1.165) is 6.26 Å². The zero-order valence-electron chi connectivity index (χ0n) is 1.89. The Hall–Kier alpha value is -0.191. The molecule has 0 fully saturated rings. The number of aliphatic hydroxyl groups excluding tert-OH is 1. The van der Waals surface area contributed by atoms with Crippen molar-refractivity contribution in [2.24, 2.45) is 0 Å². The van der Waals surface area contributed by atoms with Crippen LogP contribution in [0.4, 0.5) is 0 Å². The fraction of sp³-hybridized carbons (Fsp3) is 0. The molecular formula is CH3NOSe. The van der Waals surface area contributed by atoms with Crippen LogP contribution in [0.3, 0.4) is 0 Å². The van der Waals surface area contributed by atoms with Crippen molar-refractivity contribution in [1.82, 2.24) is 0 Å². The quantitative estimate of drug-likeness (QED) is 0.330. The van der Waals surface area contributed by atoms with Gasteiger partial charge in [-0.2, -0.15) is 5.26 Å². The molecule has 0 aliphatic carbocycles. The van der Waals surface area contributed by atoms with Crippen LogP contribution in [0, 0.1) is 11.5 Å². The summed E-state index contributed by atoms with van der Waals surface area (Å²) >= 11 is 0. The second kappa shape index (κ2) is 14.0. The summed E-state index contributed by atoms with van der Waals surface area (Å²) in [6, 6.07) is 0. The average Bonchev–Trinajstić information content (AvgIpc) is 0.918. The van der Waals surface area contributed by atoms with Gasteiger partial charge in [0, 0.05) is 0 Å². The van der Waals surface area contributed by atoms with Crippen molar-refractivity contribution >= 4 is 17.1 Å². The predicted molar refractivity (Wildman–Crippen MR) is 16.1 cm³/mol. The zero-order chi connectivity index (χ0) is 2.71. The minimum atomic E-state index is 0. The first kappa shape index (κ1) is 9.18.